The highest BCUT2D eigenvalue weighted by Gasteiger charge is 2.32. The Morgan fingerprint density at radius 3 is 2.25 bits per heavy atom. The van der Waals surface area contributed by atoms with Gasteiger partial charge in [0.2, 0.25) is 5.91 Å². The third-order valence-electron chi connectivity index (χ3n) is 4.36. The molecular weight excluding hydrogens is 297 g/mol. The third-order valence-corrected chi connectivity index (χ3v) is 4.36. The van der Waals surface area contributed by atoms with Crippen molar-refractivity contribution in [2.45, 2.75) is 45.7 Å². The predicted octanol–water partition coefficient (Wildman–Crippen LogP) is 1.77. The van der Waals surface area contributed by atoms with Gasteiger partial charge < -0.3 is 10.2 Å². The first-order valence-electron chi connectivity index (χ1n) is 7.35. The molecule has 2 heterocycles. The first kappa shape index (κ1) is 20.0. The van der Waals surface area contributed by atoms with Crippen molar-refractivity contribution in [3.63, 3.8) is 0 Å². The Bertz CT molecular complexity index is 296. The molecule has 2 fully saturated rings. The van der Waals surface area contributed by atoms with Crippen LogP contribution in [-0.4, -0.2) is 60.5 Å². The van der Waals surface area contributed by atoms with E-state index in [-0.39, 0.29) is 30.7 Å². The Kier molecular flexibility index (Phi) is 9.07. The lowest BCUT2D eigenvalue weighted by Gasteiger charge is -2.43. The molecule has 0 aromatic heterocycles. The van der Waals surface area contributed by atoms with Gasteiger partial charge in [0.1, 0.15) is 0 Å². The minimum atomic E-state index is 0. The number of nitrogens with one attached hydrogen (secondary N) is 1. The summed E-state index contributed by atoms with van der Waals surface area (Å²) < 4.78 is 0. The van der Waals surface area contributed by atoms with E-state index in [0.717, 1.165) is 45.6 Å². The van der Waals surface area contributed by atoms with E-state index in [0.29, 0.717) is 18.0 Å². The average Bonchev–Trinajstić information content (AvgIpc) is 2.38. The van der Waals surface area contributed by atoms with Crippen LogP contribution in [0.4, 0.5) is 0 Å². The number of rotatable bonds is 2. The van der Waals surface area contributed by atoms with Crippen LogP contribution in [0.15, 0.2) is 0 Å². The maximum atomic E-state index is 12.5. The molecule has 2 saturated heterocycles. The number of nitrogens with zero attached hydrogens (tertiary/aromatic N) is 2. The minimum Gasteiger partial charge on any atom is -0.337 e. The number of carbonyl (C=O) groups excluding carboxylic acids is 1. The fourth-order valence-electron chi connectivity index (χ4n) is 3.09. The molecule has 4 nitrogen and oxygen atoms in total. The van der Waals surface area contributed by atoms with Crippen molar-refractivity contribution in [1.29, 1.82) is 0 Å². The Morgan fingerprint density at radius 1 is 1.15 bits per heavy atom. The van der Waals surface area contributed by atoms with Gasteiger partial charge in [0.15, 0.2) is 0 Å². The zero-order valence-corrected chi connectivity index (χ0v) is 14.4. The summed E-state index contributed by atoms with van der Waals surface area (Å²) in [6.07, 6.45) is 2.02. The van der Waals surface area contributed by atoms with E-state index >= 15 is 0 Å². The highest BCUT2D eigenvalue weighted by Crippen LogP contribution is 2.20. The molecule has 0 unspecified atom stereocenters. The second kappa shape index (κ2) is 9.08. The van der Waals surface area contributed by atoms with Gasteiger partial charge in [0.05, 0.1) is 0 Å². The molecule has 0 aromatic carbocycles. The van der Waals surface area contributed by atoms with Gasteiger partial charge in [-0.2, -0.15) is 0 Å². The smallest absolute Gasteiger partial charge is 0.226 e. The van der Waals surface area contributed by atoms with Crippen molar-refractivity contribution in [3.05, 3.63) is 0 Å². The lowest BCUT2D eigenvalue weighted by Crippen LogP contribution is -2.57. The monoisotopic (exact) mass is 325 g/mol. The molecule has 1 atom stereocenters. The normalized spacial score (nSPS) is 25.0. The van der Waals surface area contributed by atoms with Crippen LogP contribution in [-0.2, 0) is 4.79 Å². The van der Waals surface area contributed by atoms with Crippen LogP contribution in [0.3, 0.4) is 0 Å². The standard InChI is InChI=1S/C14H27N3O.2ClH/c1-11(2)16-8-9-17(12(3)10-16)14(18)13-4-6-15-7-5-13;;/h11-13,15H,4-10H2,1-3H3;2*1H/t12-;;/m0../s1. The molecule has 1 N–H and O–H groups in total. The van der Waals surface area contributed by atoms with Crippen LogP contribution in [0, 0.1) is 5.92 Å². The van der Waals surface area contributed by atoms with Crippen molar-refractivity contribution in [2.75, 3.05) is 32.7 Å². The average molecular weight is 326 g/mol. The maximum Gasteiger partial charge on any atom is 0.226 e. The van der Waals surface area contributed by atoms with Crippen molar-refractivity contribution in [2.24, 2.45) is 5.92 Å². The Hall–Kier alpha value is -0.0300. The summed E-state index contributed by atoms with van der Waals surface area (Å²) in [6.45, 7) is 11.6. The topological polar surface area (TPSA) is 35.6 Å². The summed E-state index contributed by atoms with van der Waals surface area (Å²) in [7, 11) is 0. The molecule has 0 aliphatic carbocycles. The Labute approximate surface area is 135 Å². The fraction of sp³-hybridized carbons (Fsp3) is 0.929. The van der Waals surface area contributed by atoms with Crippen molar-refractivity contribution in [3.8, 4) is 0 Å². The van der Waals surface area contributed by atoms with E-state index in [1.54, 1.807) is 0 Å². The molecule has 120 valence electrons. The molecule has 6 heteroatoms. The first-order chi connectivity index (χ1) is 8.59. The molecule has 2 aliphatic heterocycles. The summed E-state index contributed by atoms with van der Waals surface area (Å²) in [6, 6.07) is 0.951. The van der Waals surface area contributed by atoms with E-state index in [1.807, 2.05) is 0 Å². The largest absolute Gasteiger partial charge is 0.337 e. The van der Waals surface area contributed by atoms with Crippen LogP contribution in [0.1, 0.15) is 33.6 Å². The Balaban J connectivity index is 0.00000180. The zero-order chi connectivity index (χ0) is 13.1. The lowest BCUT2D eigenvalue weighted by molar-refractivity contribution is -0.141. The highest BCUT2D eigenvalue weighted by molar-refractivity contribution is 5.85. The quantitative estimate of drug-likeness (QED) is 0.840. The SMILES string of the molecule is CC(C)N1CCN(C(=O)C2CCNCC2)[C@@H](C)C1.Cl.Cl. The van der Waals surface area contributed by atoms with Crippen LogP contribution >= 0.6 is 24.8 Å². The first-order valence-corrected chi connectivity index (χ1v) is 7.35. The van der Waals surface area contributed by atoms with Crippen LogP contribution in [0.5, 0.6) is 0 Å². The molecule has 2 rings (SSSR count). The second-order valence-corrected chi connectivity index (χ2v) is 5.99. The van der Waals surface area contributed by atoms with Crippen LogP contribution in [0.25, 0.3) is 0 Å². The van der Waals surface area contributed by atoms with Gasteiger partial charge in [-0.15, -0.1) is 24.8 Å². The number of hydrogen-bond acceptors (Lipinski definition) is 3. The van der Waals surface area contributed by atoms with Gasteiger partial charge in [-0.05, 0) is 46.7 Å². The van der Waals surface area contributed by atoms with E-state index in [4.69, 9.17) is 0 Å². The number of halogens is 2. The number of amides is 1. The number of piperazine rings is 1. The summed E-state index contributed by atoms with van der Waals surface area (Å²) in [5, 5.41) is 3.33. The summed E-state index contributed by atoms with van der Waals surface area (Å²) in [4.78, 5) is 17.1. The summed E-state index contributed by atoms with van der Waals surface area (Å²) in [5.41, 5.74) is 0. The van der Waals surface area contributed by atoms with Gasteiger partial charge >= 0.3 is 0 Å². The molecule has 20 heavy (non-hydrogen) atoms. The molecule has 0 radical (unpaired) electrons. The van der Waals surface area contributed by atoms with E-state index in [2.05, 4.69) is 35.9 Å². The number of carbonyl (C=O) groups is 1. The molecule has 0 spiro atoms. The fourth-order valence-corrected chi connectivity index (χ4v) is 3.09. The molecule has 0 bridgehead atoms. The van der Waals surface area contributed by atoms with Crippen molar-refractivity contribution in [1.82, 2.24) is 15.1 Å². The molecule has 1 amide bonds. The lowest BCUT2D eigenvalue weighted by atomic mass is 9.95. The zero-order valence-electron chi connectivity index (χ0n) is 12.8. The molecule has 0 saturated carbocycles. The van der Waals surface area contributed by atoms with E-state index in [9.17, 15) is 4.79 Å². The summed E-state index contributed by atoms with van der Waals surface area (Å²) >= 11 is 0. The van der Waals surface area contributed by atoms with Crippen molar-refractivity contribution >= 4 is 30.7 Å². The minimum absolute atomic E-state index is 0. The number of hydrogen-bond donors (Lipinski definition) is 1. The molecule has 0 aromatic rings. The number of piperidine rings is 1. The van der Waals surface area contributed by atoms with Crippen LogP contribution in [0.2, 0.25) is 0 Å². The van der Waals surface area contributed by atoms with Crippen molar-refractivity contribution < 1.29 is 4.79 Å². The summed E-state index contributed by atoms with van der Waals surface area (Å²) in [5.74, 6) is 0.659. The van der Waals surface area contributed by atoms with Gasteiger partial charge in [0.25, 0.3) is 0 Å². The van der Waals surface area contributed by atoms with Gasteiger partial charge in [-0.1, -0.05) is 0 Å². The van der Waals surface area contributed by atoms with Gasteiger partial charge in [-0.3, -0.25) is 9.69 Å². The second-order valence-electron chi connectivity index (χ2n) is 5.99. The Morgan fingerprint density at radius 2 is 1.75 bits per heavy atom. The van der Waals surface area contributed by atoms with E-state index in [1.165, 1.54) is 0 Å². The van der Waals surface area contributed by atoms with Gasteiger partial charge in [0, 0.05) is 37.6 Å². The van der Waals surface area contributed by atoms with Gasteiger partial charge in [-0.25, -0.2) is 0 Å². The highest BCUT2D eigenvalue weighted by atomic mass is 35.5. The predicted molar refractivity (Wildman–Crippen MR) is 88.0 cm³/mol. The molecular formula is C14H29Cl2N3O. The molecule has 2 aliphatic rings. The maximum absolute atomic E-state index is 12.5. The third kappa shape index (κ3) is 4.76. The van der Waals surface area contributed by atoms with E-state index < -0.39 is 0 Å². The van der Waals surface area contributed by atoms with Crippen LogP contribution < -0.4 is 5.32 Å².